The van der Waals surface area contributed by atoms with Crippen molar-refractivity contribution in [2.45, 2.75) is 63.7 Å². The van der Waals surface area contributed by atoms with E-state index in [-0.39, 0.29) is 24.5 Å². The number of carboxylic acid groups (broad SMARTS) is 1. The maximum atomic E-state index is 13.4. The third-order valence-electron chi connectivity index (χ3n) is 6.22. The Morgan fingerprint density at radius 1 is 0.800 bits per heavy atom. The normalized spacial score (nSPS) is 14.0. The molecule has 2 aromatic rings. The van der Waals surface area contributed by atoms with E-state index < -0.39 is 47.9 Å². The molecule has 0 aromatic heterocycles. The second kappa shape index (κ2) is 16.5. The van der Waals surface area contributed by atoms with Gasteiger partial charge in [0.2, 0.25) is 17.7 Å². The highest BCUT2D eigenvalue weighted by Crippen LogP contribution is 2.13. The van der Waals surface area contributed by atoms with Gasteiger partial charge in [0.05, 0.1) is 6.04 Å². The molecule has 40 heavy (non-hydrogen) atoms. The molecule has 2 rings (SSSR count). The van der Waals surface area contributed by atoms with Crippen molar-refractivity contribution in [2.24, 2.45) is 11.7 Å². The predicted octanol–water partition coefficient (Wildman–Crippen LogP) is 1.84. The zero-order chi connectivity index (χ0) is 29.7. The number of phenolic OH excluding ortho intramolecular Hbond substituents is 1. The molecule has 10 nitrogen and oxygen atoms in total. The van der Waals surface area contributed by atoms with Crippen molar-refractivity contribution in [1.29, 1.82) is 0 Å². The lowest BCUT2D eigenvalue weighted by Gasteiger charge is -2.26. The average Bonchev–Trinajstić information content (AvgIpc) is 2.91. The van der Waals surface area contributed by atoms with Gasteiger partial charge in [-0.2, -0.15) is 11.8 Å². The molecule has 218 valence electrons. The van der Waals surface area contributed by atoms with Crippen LogP contribution in [-0.4, -0.2) is 70.1 Å². The molecule has 7 N–H and O–H groups in total. The number of rotatable bonds is 16. The molecule has 0 heterocycles. The molecular formula is C29H40N4O6S. The van der Waals surface area contributed by atoms with E-state index in [0.29, 0.717) is 24.2 Å². The minimum Gasteiger partial charge on any atom is -0.508 e. The molecule has 0 spiro atoms. The number of carboxylic acids is 1. The second-order valence-electron chi connectivity index (χ2n) is 10.1. The van der Waals surface area contributed by atoms with Gasteiger partial charge in [0.1, 0.15) is 23.9 Å². The number of aliphatic carboxylic acids is 1. The number of phenols is 1. The number of aromatic hydroxyl groups is 1. The van der Waals surface area contributed by atoms with Gasteiger partial charge in [-0.1, -0.05) is 56.3 Å². The van der Waals surface area contributed by atoms with Crippen LogP contribution in [0.2, 0.25) is 0 Å². The predicted molar refractivity (Wildman–Crippen MR) is 156 cm³/mol. The lowest BCUT2D eigenvalue weighted by molar-refractivity contribution is -0.142. The molecule has 0 fully saturated rings. The summed E-state index contributed by atoms with van der Waals surface area (Å²) in [6.45, 7) is 3.81. The van der Waals surface area contributed by atoms with Crippen molar-refractivity contribution in [2.75, 3.05) is 12.0 Å². The van der Waals surface area contributed by atoms with Crippen LogP contribution >= 0.6 is 11.8 Å². The van der Waals surface area contributed by atoms with Crippen LogP contribution in [0.25, 0.3) is 0 Å². The van der Waals surface area contributed by atoms with Gasteiger partial charge >= 0.3 is 5.97 Å². The molecule has 3 amide bonds. The Morgan fingerprint density at radius 2 is 1.32 bits per heavy atom. The summed E-state index contributed by atoms with van der Waals surface area (Å²) in [5.74, 6) is -2.15. The standard InChI is InChI=1S/C29H40N4O6S/c1-18(2)15-23(31-26(35)22(30)13-14-40-3)27(36)32-24(16-20-9-11-21(34)12-10-20)28(37)33-25(29(38)39)17-19-7-5-4-6-8-19/h4-12,18,22-25,34H,13-17,30H2,1-3H3,(H,31,35)(H,32,36)(H,33,37)(H,38,39). The van der Waals surface area contributed by atoms with Gasteiger partial charge in [-0.05, 0) is 54.0 Å². The first-order chi connectivity index (χ1) is 19.0. The molecule has 11 heteroatoms. The minimum absolute atomic E-state index is 0.0328. The Hall–Kier alpha value is -3.57. The number of nitrogens with one attached hydrogen (secondary N) is 3. The van der Waals surface area contributed by atoms with E-state index in [9.17, 15) is 29.4 Å². The third-order valence-corrected chi connectivity index (χ3v) is 6.86. The Bertz CT molecular complexity index is 1110. The molecule has 0 bridgehead atoms. The summed E-state index contributed by atoms with van der Waals surface area (Å²) in [7, 11) is 0. The van der Waals surface area contributed by atoms with Gasteiger partial charge in [0.15, 0.2) is 0 Å². The quantitative estimate of drug-likeness (QED) is 0.177. The molecule has 0 aliphatic heterocycles. The fourth-order valence-electron chi connectivity index (χ4n) is 4.03. The first kappa shape index (κ1) is 32.6. The van der Waals surface area contributed by atoms with Crippen molar-refractivity contribution >= 4 is 35.5 Å². The minimum atomic E-state index is -1.23. The molecule has 2 aromatic carbocycles. The zero-order valence-electron chi connectivity index (χ0n) is 23.1. The second-order valence-corrected chi connectivity index (χ2v) is 11.1. The average molecular weight is 573 g/mol. The number of benzene rings is 2. The Balaban J connectivity index is 2.25. The topological polar surface area (TPSA) is 171 Å². The highest BCUT2D eigenvalue weighted by atomic mass is 32.2. The van der Waals surface area contributed by atoms with Crippen LogP contribution in [0, 0.1) is 5.92 Å². The molecule has 0 aliphatic rings. The monoisotopic (exact) mass is 572 g/mol. The maximum absolute atomic E-state index is 13.4. The Labute approximate surface area is 239 Å². The first-order valence-electron chi connectivity index (χ1n) is 13.2. The number of carbonyl (C=O) groups is 4. The molecule has 0 aliphatic carbocycles. The van der Waals surface area contributed by atoms with E-state index in [1.54, 1.807) is 48.2 Å². The largest absolute Gasteiger partial charge is 0.508 e. The van der Waals surface area contributed by atoms with Crippen LogP contribution < -0.4 is 21.7 Å². The number of thioether (sulfide) groups is 1. The summed E-state index contributed by atoms with van der Waals surface area (Å²) < 4.78 is 0. The van der Waals surface area contributed by atoms with Crippen molar-refractivity contribution in [1.82, 2.24) is 16.0 Å². The summed E-state index contributed by atoms with van der Waals surface area (Å²) in [6.07, 6.45) is 2.76. The molecule has 0 radical (unpaired) electrons. The fraction of sp³-hybridized carbons (Fsp3) is 0.448. The Morgan fingerprint density at radius 3 is 1.90 bits per heavy atom. The smallest absolute Gasteiger partial charge is 0.326 e. The van der Waals surface area contributed by atoms with E-state index >= 15 is 0 Å². The fourth-order valence-corrected chi connectivity index (χ4v) is 4.52. The van der Waals surface area contributed by atoms with Crippen molar-refractivity contribution in [3.8, 4) is 5.75 Å². The first-order valence-corrected chi connectivity index (χ1v) is 14.6. The van der Waals surface area contributed by atoms with Gasteiger partial charge in [0.25, 0.3) is 0 Å². The number of hydrogen-bond acceptors (Lipinski definition) is 7. The van der Waals surface area contributed by atoms with E-state index in [1.807, 2.05) is 26.2 Å². The van der Waals surface area contributed by atoms with Gasteiger partial charge in [-0.15, -0.1) is 0 Å². The highest BCUT2D eigenvalue weighted by Gasteiger charge is 2.31. The molecule has 4 atom stereocenters. The van der Waals surface area contributed by atoms with Gasteiger partial charge in [-0.3, -0.25) is 14.4 Å². The summed E-state index contributed by atoms with van der Waals surface area (Å²) in [5, 5.41) is 27.4. The summed E-state index contributed by atoms with van der Waals surface area (Å²) >= 11 is 1.56. The lowest BCUT2D eigenvalue weighted by atomic mass is 10.00. The molecular weight excluding hydrogens is 532 g/mol. The maximum Gasteiger partial charge on any atom is 0.326 e. The van der Waals surface area contributed by atoms with Gasteiger partial charge in [0, 0.05) is 12.8 Å². The summed E-state index contributed by atoms with van der Waals surface area (Å²) in [5.41, 5.74) is 7.36. The summed E-state index contributed by atoms with van der Waals surface area (Å²) in [6, 6.07) is 10.9. The van der Waals surface area contributed by atoms with Crippen LogP contribution in [-0.2, 0) is 32.0 Å². The highest BCUT2D eigenvalue weighted by molar-refractivity contribution is 7.98. The van der Waals surface area contributed by atoms with Crippen molar-refractivity contribution in [3.63, 3.8) is 0 Å². The van der Waals surface area contributed by atoms with Crippen LogP contribution in [0.4, 0.5) is 0 Å². The van der Waals surface area contributed by atoms with Crippen LogP contribution in [0.5, 0.6) is 5.75 Å². The van der Waals surface area contributed by atoms with E-state index in [4.69, 9.17) is 5.73 Å². The summed E-state index contributed by atoms with van der Waals surface area (Å²) in [4.78, 5) is 51.5. The van der Waals surface area contributed by atoms with Gasteiger partial charge < -0.3 is 31.9 Å². The SMILES string of the molecule is CSCCC(N)C(=O)NC(CC(C)C)C(=O)NC(Cc1ccc(O)cc1)C(=O)NC(Cc1ccccc1)C(=O)O. The zero-order valence-corrected chi connectivity index (χ0v) is 23.9. The van der Waals surface area contributed by atoms with E-state index in [1.165, 1.54) is 12.1 Å². The van der Waals surface area contributed by atoms with Crippen LogP contribution in [0.15, 0.2) is 54.6 Å². The lowest BCUT2D eigenvalue weighted by Crippen LogP contribution is -2.58. The Kier molecular flexibility index (Phi) is 13.5. The number of hydrogen-bond donors (Lipinski definition) is 6. The third kappa shape index (κ3) is 11.3. The van der Waals surface area contributed by atoms with Crippen LogP contribution in [0.1, 0.15) is 37.8 Å². The van der Waals surface area contributed by atoms with Crippen molar-refractivity contribution in [3.05, 3.63) is 65.7 Å². The van der Waals surface area contributed by atoms with Gasteiger partial charge in [-0.25, -0.2) is 4.79 Å². The number of carbonyl (C=O) groups excluding carboxylic acids is 3. The number of amides is 3. The molecule has 0 saturated heterocycles. The van der Waals surface area contributed by atoms with Crippen molar-refractivity contribution < 1.29 is 29.4 Å². The van der Waals surface area contributed by atoms with Crippen LogP contribution in [0.3, 0.4) is 0 Å². The molecule has 4 unspecified atom stereocenters. The number of nitrogens with two attached hydrogens (primary N) is 1. The molecule has 0 saturated carbocycles. The van der Waals surface area contributed by atoms with E-state index in [2.05, 4.69) is 16.0 Å². The van der Waals surface area contributed by atoms with E-state index in [0.717, 1.165) is 5.56 Å².